The number of alkyl halides is 3. The molecule has 0 saturated heterocycles. The van der Waals surface area contributed by atoms with E-state index in [1.807, 2.05) is 0 Å². The van der Waals surface area contributed by atoms with Crippen LogP contribution in [0.25, 0.3) is 11.1 Å². The van der Waals surface area contributed by atoms with E-state index in [2.05, 4.69) is 5.10 Å². The number of aromatic nitrogens is 2. The number of rotatable bonds is 3. The molecule has 0 aliphatic heterocycles. The van der Waals surface area contributed by atoms with Gasteiger partial charge in [0.1, 0.15) is 0 Å². The number of halogens is 3. The molecule has 1 atom stereocenters. The molecule has 0 saturated carbocycles. The van der Waals surface area contributed by atoms with Gasteiger partial charge in [-0.15, -0.1) is 0 Å². The molecule has 0 radical (unpaired) electrons. The first-order valence-electron chi connectivity index (χ1n) is 6.16. The minimum absolute atomic E-state index is 0.0406. The second-order valence-electron chi connectivity index (χ2n) is 4.70. The Labute approximate surface area is 129 Å². The number of aryl methyl sites for hydroxylation is 1. The molecule has 1 aromatic heterocycles. The Kier molecular flexibility index (Phi) is 4.57. The van der Waals surface area contributed by atoms with Crippen molar-refractivity contribution < 1.29 is 21.9 Å². The van der Waals surface area contributed by atoms with Crippen molar-refractivity contribution in [1.82, 2.24) is 9.78 Å². The van der Waals surface area contributed by atoms with E-state index in [9.17, 15) is 31.5 Å². The van der Waals surface area contributed by atoms with E-state index in [1.54, 1.807) is 0 Å². The molecule has 1 unspecified atom stereocenters. The Bertz CT molecular complexity index is 886. The highest BCUT2D eigenvalue weighted by atomic mass is 32.2. The molecule has 0 fully saturated rings. The summed E-state index contributed by atoms with van der Waals surface area (Å²) in [7, 11) is 1.30. The van der Waals surface area contributed by atoms with Crippen molar-refractivity contribution >= 4 is 11.1 Å². The summed E-state index contributed by atoms with van der Waals surface area (Å²) in [6.07, 6.45) is -3.51. The Hall–Kier alpha value is -2.20. The van der Waals surface area contributed by atoms with Crippen LogP contribution in [-0.2, 0) is 30.1 Å². The summed E-state index contributed by atoms with van der Waals surface area (Å²) >= 11 is -2.66. The van der Waals surface area contributed by atoms with Gasteiger partial charge in [-0.05, 0) is 23.3 Å². The lowest BCUT2D eigenvalue weighted by Crippen LogP contribution is -2.35. The maximum atomic E-state index is 12.8. The normalized spacial score (nSPS) is 13.1. The fourth-order valence-electron chi connectivity index (χ4n) is 2.03. The zero-order valence-corrected chi connectivity index (χ0v) is 12.5. The van der Waals surface area contributed by atoms with Gasteiger partial charge in [-0.25, -0.2) is 0 Å². The highest BCUT2D eigenvalue weighted by Gasteiger charge is 2.31. The number of benzene rings is 1. The third-order valence-corrected chi connectivity index (χ3v) is 3.69. The van der Waals surface area contributed by atoms with Crippen LogP contribution in [0, 0.1) is 0 Å². The van der Waals surface area contributed by atoms with E-state index < -0.39 is 39.6 Å². The molecule has 0 bridgehead atoms. The second-order valence-corrected chi connectivity index (χ2v) is 5.59. The Balaban J connectivity index is 2.72. The third kappa shape index (κ3) is 3.59. The molecule has 1 N–H and O–H groups in total. The molecule has 6 nitrogen and oxygen atoms in total. The van der Waals surface area contributed by atoms with Crippen LogP contribution in [0.15, 0.2) is 34.0 Å². The minimum Gasteiger partial charge on any atom is -0.772 e. The summed E-state index contributed by atoms with van der Waals surface area (Å²) in [6, 6.07) is 2.36. The topological polar surface area (TPSA) is 95.0 Å². The molecule has 124 valence electrons. The van der Waals surface area contributed by atoms with Gasteiger partial charge in [0, 0.05) is 19.0 Å². The molecular formula is C13H10F3N2O4S-. The molecule has 0 amide bonds. The molecule has 1 aromatic carbocycles. The van der Waals surface area contributed by atoms with E-state index in [4.69, 9.17) is 0 Å². The number of hydrogen-bond acceptors (Lipinski definition) is 4. The zero-order valence-electron chi connectivity index (χ0n) is 11.6. The van der Waals surface area contributed by atoms with Crippen molar-refractivity contribution in [2.75, 3.05) is 0 Å². The predicted octanol–water partition coefficient (Wildman–Crippen LogP) is 1.14. The van der Waals surface area contributed by atoms with Crippen LogP contribution >= 0.6 is 0 Å². The summed E-state index contributed by atoms with van der Waals surface area (Å²) in [5.74, 6) is -0.714. The third-order valence-electron chi connectivity index (χ3n) is 3.14. The number of aromatic amines is 1. The lowest BCUT2D eigenvalue weighted by molar-refractivity contribution is -0.137. The Morgan fingerprint density at radius 1 is 1.26 bits per heavy atom. The largest absolute Gasteiger partial charge is 0.772 e. The van der Waals surface area contributed by atoms with Gasteiger partial charge < -0.3 is 9.65 Å². The van der Waals surface area contributed by atoms with Gasteiger partial charge in [0.25, 0.3) is 5.43 Å². The van der Waals surface area contributed by atoms with Crippen LogP contribution in [-0.4, -0.2) is 18.5 Å². The molecule has 2 rings (SSSR count). The van der Waals surface area contributed by atoms with E-state index in [0.29, 0.717) is 6.07 Å². The van der Waals surface area contributed by atoms with Crippen molar-refractivity contribution in [3.05, 3.63) is 56.1 Å². The first-order chi connectivity index (χ1) is 10.6. The fraction of sp³-hybridized carbons (Fsp3) is 0.231. The van der Waals surface area contributed by atoms with Crippen LogP contribution in [0.4, 0.5) is 13.2 Å². The molecule has 10 heteroatoms. The van der Waals surface area contributed by atoms with Crippen molar-refractivity contribution in [3.8, 4) is 11.1 Å². The van der Waals surface area contributed by atoms with Gasteiger partial charge in [-0.3, -0.25) is 18.5 Å². The zero-order chi connectivity index (χ0) is 17.4. The van der Waals surface area contributed by atoms with Gasteiger partial charge in [0.05, 0.1) is 11.1 Å². The maximum absolute atomic E-state index is 12.8. The van der Waals surface area contributed by atoms with E-state index in [1.165, 1.54) is 7.05 Å². The van der Waals surface area contributed by atoms with Crippen LogP contribution in [0.2, 0.25) is 0 Å². The monoisotopic (exact) mass is 347 g/mol. The van der Waals surface area contributed by atoms with Crippen molar-refractivity contribution in [3.63, 3.8) is 0 Å². The van der Waals surface area contributed by atoms with Gasteiger partial charge in [0.15, 0.2) is 0 Å². The number of nitrogens with one attached hydrogen (secondary N) is 1. The van der Waals surface area contributed by atoms with Gasteiger partial charge >= 0.3 is 11.7 Å². The van der Waals surface area contributed by atoms with Crippen molar-refractivity contribution in [2.45, 2.75) is 11.9 Å². The standard InChI is InChI=1S/C13H11F3N2O4S/c1-18-12(20)11(19)10(5-17-18)9-3-2-8(13(14,15)16)4-7(9)6-23(21)22/h2-5,17H,6H2,1H3,(H,21,22)/p-1. The van der Waals surface area contributed by atoms with E-state index >= 15 is 0 Å². The van der Waals surface area contributed by atoms with Gasteiger partial charge in [0.2, 0.25) is 0 Å². The second kappa shape index (κ2) is 6.13. The Morgan fingerprint density at radius 2 is 1.91 bits per heavy atom. The van der Waals surface area contributed by atoms with E-state index in [-0.39, 0.29) is 16.7 Å². The molecule has 2 aromatic rings. The SMILES string of the molecule is Cn1[nH]cc(-c2ccc(C(F)(F)F)cc2CS(=O)[O-])c(=O)c1=O. The number of H-pyrrole nitrogens is 1. The quantitative estimate of drug-likeness (QED) is 0.665. The fourth-order valence-corrected chi connectivity index (χ4v) is 2.53. The van der Waals surface area contributed by atoms with Crippen molar-refractivity contribution in [1.29, 1.82) is 0 Å². The first kappa shape index (κ1) is 17.2. The summed E-state index contributed by atoms with van der Waals surface area (Å²) in [4.78, 5) is 23.6. The van der Waals surface area contributed by atoms with Crippen LogP contribution in [0.3, 0.4) is 0 Å². The molecule has 0 spiro atoms. The van der Waals surface area contributed by atoms with Crippen molar-refractivity contribution in [2.24, 2.45) is 7.05 Å². The highest BCUT2D eigenvalue weighted by molar-refractivity contribution is 7.78. The summed E-state index contributed by atoms with van der Waals surface area (Å²) in [5, 5.41) is 2.46. The minimum atomic E-state index is -4.66. The lowest BCUT2D eigenvalue weighted by atomic mass is 9.99. The number of hydrogen-bond donors (Lipinski definition) is 1. The molecular weight excluding hydrogens is 337 g/mol. The maximum Gasteiger partial charge on any atom is 0.416 e. The number of nitrogens with zero attached hydrogens (tertiary/aromatic N) is 1. The van der Waals surface area contributed by atoms with Gasteiger partial charge in [-0.1, -0.05) is 17.1 Å². The molecule has 23 heavy (non-hydrogen) atoms. The smallest absolute Gasteiger partial charge is 0.416 e. The summed E-state index contributed by atoms with van der Waals surface area (Å²) < 4.78 is 61.0. The summed E-state index contributed by atoms with van der Waals surface area (Å²) in [5.41, 5.74) is -3.34. The summed E-state index contributed by atoms with van der Waals surface area (Å²) in [6.45, 7) is 0. The lowest BCUT2D eigenvalue weighted by Gasteiger charge is -2.14. The first-order valence-corrected chi connectivity index (χ1v) is 7.40. The van der Waals surface area contributed by atoms with Gasteiger partial charge in [-0.2, -0.15) is 13.2 Å². The highest BCUT2D eigenvalue weighted by Crippen LogP contribution is 2.33. The molecule has 1 heterocycles. The Morgan fingerprint density at radius 3 is 2.48 bits per heavy atom. The average Bonchev–Trinajstić information content (AvgIpc) is 2.44. The molecule has 0 aliphatic carbocycles. The van der Waals surface area contributed by atoms with Crippen LogP contribution in [0.1, 0.15) is 11.1 Å². The molecule has 0 aliphatic rings. The predicted molar refractivity (Wildman–Crippen MR) is 75.4 cm³/mol. The van der Waals surface area contributed by atoms with Crippen LogP contribution < -0.4 is 11.0 Å². The average molecular weight is 347 g/mol. The van der Waals surface area contributed by atoms with Crippen LogP contribution in [0.5, 0.6) is 0 Å². The van der Waals surface area contributed by atoms with E-state index in [0.717, 1.165) is 23.0 Å².